The van der Waals surface area contributed by atoms with Crippen LogP contribution in [-0.2, 0) is 16.4 Å². The first-order valence-corrected chi connectivity index (χ1v) is 7.59. The number of aryl methyl sites for hydroxylation is 1. The van der Waals surface area contributed by atoms with Crippen molar-refractivity contribution in [3.05, 3.63) is 53.9 Å². The van der Waals surface area contributed by atoms with Crippen LogP contribution in [-0.4, -0.2) is 18.2 Å². The van der Waals surface area contributed by atoms with E-state index < -0.39 is 10.0 Å². The fraction of sp³-hybridized carbons (Fsp3) is 0.214. The highest BCUT2D eigenvalue weighted by atomic mass is 32.2. The molecule has 0 aliphatic heterocycles. The molecule has 0 radical (unpaired) electrons. The van der Waals surface area contributed by atoms with E-state index in [-0.39, 0.29) is 10.7 Å². The van der Waals surface area contributed by atoms with E-state index in [9.17, 15) is 13.2 Å². The molecule has 0 N–H and O–H groups in total. The van der Waals surface area contributed by atoms with Crippen LogP contribution in [0.4, 0.5) is 0 Å². The van der Waals surface area contributed by atoms with Gasteiger partial charge in [0.2, 0.25) is 0 Å². The smallest absolute Gasteiger partial charge is 0.268 e. The van der Waals surface area contributed by atoms with E-state index in [0.29, 0.717) is 12.1 Å². The normalized spacial score (nSPS) is 15.3. The molecule has 4 nitrogen and oxygen atoms in total. The Hall–Kier alpha value is -1.88. The van der Waals surface area contributed by atoms with Gasteiger partial charge in [-0.05, 0) is 36.6 Å². The zero-order chi connectivity index (χ0) is 13.5. The van der Waals surface area contributed by atoms with Crippen LogP contribution >= 0.6 is 0 Å². The van der Waals surface area contributed by atoms with Gasteiger partial charge in [-0.2, -0.15) is 0 Å². The molecule has 1 heterocycles. The molecule has 0 saturated heterocycles. The summed E-state index contributed by atoms with van der Waals surface area (Å²) in [5.74, 6) is -0.0919. The van der Waals surface area contributed by atoms with Crippen molar-refractivity contribution >= 4 is 15.8 Å². The number of carbonyl (C=O) groups is 1. The molecule has 0 fully saturated rings. The van der Waals surface area contributed by atoms with Crippen molar-refractivity contribution in [3.8, 4) is 0 Å². The van der Waals surface area contributed by atoms with Crippen LogP contribution in [0.3, 0.4) is 0 Å². The van der Waals surface area contributed by atoms with Gasteiger partial charge in [-0.25, -0.2) is 12.4 Å². The van der Waals surface area contributed by atoms with Crippen LogP contribution < -0.4 is 0 Å². The first-order chi connectivity index (χ1) is 9.10. The van der Waals surface area contributed by atoms with E-state index in [0.717, 1.165) is 22.4 Å². The molecule has 2 aromatic rings. The summed E-state index contributed by atoms with van der Waals surface area (Å²) in [5, 5.41) is 0. The van der Waals surface area contributed by atoms with Gasteiger partial charge in [-0.3, -0.25) is 4.79 Å². The summed E-state index contributed by atoms with van der Waals surface area (Å²) >= 11 is 0. The van der Waals surface area contributed by atoms with Gasteiger partial charge in [0.05, 0.1) is 4.90 Å². The van der Waals surface area contributed by atoms with E-state index in [4.69, 9.17) is 0 Å². The highest BCUT2D eigenvalue weighted by Crippen LogP contribution is 2.26. The van der Waals surface area contributed by atoms with Crippen molar-refractivity contribution in [3.63, 3.8) is 0 Å². The van der Waals surface area contributed by atoms with Gasteiger partial charge in [0.15, 0.2) is 5.78 Å². The molecule has 0 spiro atoms. The van der Waals surface area contributed by atoms with Crippen LogP contribution in [0.5, 0.6) is 0 Å². The second-order valence-electron chi connectivity index (χ2n) is 4.58. The number of benzene rings is 1. The van der Waals surface area contributed by atoms with Crippen molar-refractivity contribution in [2.24, 2.45) is 0 Å². The van der Waals surface area contributed by atoms with Gasteiger partial charge in [-0.1, -0.05) is 18.2 Å². The zero-order valence-corrected chi connectivity index (χ0v) is 11.1. The van der Waals surface area contributed by atoms with Crippen LogP contribution in [0.25, 0.3) is 0 Å². The first kappa shape index (κ1) is 12.2. The average Bonchev–Trinajstić information content (AvgIpc) is 2.86. The number of nitrogens with zero attached hydrogens (tertiary/aromatic N) is 1. The molecule has 19 heavy (non-hydrogen) atoms. The molecule has 98 valence electrons. The van der Waals surface area contributed by atoms with Gasteiger partial charge < -0.3 is 0 Å². The number of hydrogen-bond donors (Lipinski definition) is 0. The lowest BCUT2D eigenvalue weighted by atomic mass is 9.97. The summed E-state index contributed by atoms with van der Waals surface area (Å²) in [6.07, 6.45) is 3.46. The third-order valence-corrected chi connectivity index (χ3v) is 5.04. The summed E-state index contributed by atoms with van der Waals surface area (Å²) in [5.41, 5.74) is 1.16. The molecule has 0 atom stereocenters. The fourth-order valence-corrected chi connectivity index (χ4v) is 3.83. The molecular formula is C14H13NO3S. The Morgan fingerprint density at radius 3 is 2.47 bits per heavy atom. The Kier molecular flexibility index (Phi) is 2.78. The summed E-state index contributed by atoms with van der Waals surface area (Å²) in [6.45, 7) is 0. The minimum atomic E-state index is -3.67. The Balaban J connectivity index is 2.19. The van der Waals surface area contributed by atoms with E-state index in [1.54, 1.807) is 24.3 Å². The number of Topliss-reactive ketones (excluding diaryl/α,β-unsaturated/α-hetero) is 1. The average molecular weight is 275 g/mol. The number of aromatic nitrogens is 1. The summed E-state index contributed by atoms with van der Waals surface area (Å²) in [6, 6.07) is 9.90. The lowest BCUT2D eigenvalue weighted by molar-refractivity contribution is 0.0966. The first-order valence-electron chi connectivity index (χ1n) is 6.15. The largest absolute Gasteiger partial charge is 0.292 e. The van der Waals surface area contributed by atoms with Gasteiger partial charge >= 0.3 is 0 Å². The van der Waals surface area contributed by atoms with Crippen molar-refractivity contribution in [1.82, 2.24) is 3.97 Å². The number of ketones is 1. The molecule has 3 rings (SSSR count). The number of fused-ring (bicyclic) bond motifs is 1. The van der Waals surface area contributed by atoms with Crippen LogP contribution in [0.15, 0.2) is 47.5 Å². The number of rotatable bonds is 2. The highest BCUT2D eigenvalue weighted by Gasteiger charge is 2.27. The van der Waals surface area contributed by atoms with E-state index >= 15 is 0 Å². The maximum Gasteiger partial charge on any atom is 0.268 e. The Morgan fingerprint density at radius 1 is 1.00 bits per heavy atom. The molecular weight excluding hydrogens is 262 g/mol. The lowest BCUT2D eigenvalue weighted by Gasteiger charge is -2.14. The predicted octanol–water partition coefficient (Wildman–Crippen LogP) is 2.24. The Labute approximate surface area is 111 Å². The van der Waals surface area contributed by atoms with Crippen molar-refractivity contribution in [1.29, 1.82) is 0 Å². The zero-order valence-electron chi connectivity index (χ0n) is 10.2. The SMILES string of the molecule is O=C1CCCc2ccn(S(=O)(=O)c3ccccc3)c21. The number of hydrogen-bond acceptors (Lipinski definition) is 3. The van der Waals surface area contributed by atoms with Crippen molar-refractivity contribution < 1.29 is 13.2 Å². The topological polar surface area (TPSA) is 56.1 Å². The van der Waals surface area contributed by atoms with Crippen LogP contribution in [0.1, 0.15) is 28.9 Å². The van der Waals surface area contributed by atoms with Gasteiger partial charge in [0.25, 0.3) is 10.0 Å². The molecule has 1 aliphatic rings. The maximum atomic E-state index is 12.5. The molecule has 0 amide bonds. The third kappa shape index (κ3) is 1.90. The minimum absolute atomic E-state index is 0.0919. The second-order valence-corrected chi connectivity index (χ2v) is 6.40. The molecule has 5 heteroatoms. The molecule has 1 aromatic carbocycles. The molecule has 0 bridgehead atoms. The second kappa shape index (κ2) is 4.35. The molecule has 1 aliphatic carbocycles. The van der Waals surface area contributed by atoms with Gasteiger partial charge in [-0.15, -0.1) is 0 Å². The summed E-state index contributed by atoms with van der Waals surface area (Å²) < 4.78 is 26.2. The monoisotopic (exact) mass is 275 g/mol. The molecule has 0 saturated carbocycles. The minimum Gasteiger partial charge on any atom is -0.292 e. The Bertz CT molecular complexity index is 729. The molecule has 0 unspecified atom stereocenters. The lowest BCUT2D eigenvalue weighted by Crippen LogP contribution is -2.21. The van der Waals surface area contributed by atoms with Gasteiger partial charge in [0.1, 0.15) is 5.69 Å². The predicted molar refractivity (Wildman–Crippen MR) is 70.7 cm³/mol. The number of carbonyl (C=O) groups excluding carboxylic acids is 1. The third-order valence-electron chi connectivity index (χ3n) is 3.35. The van der Waals surface area contributed by atoms with Crippen LogP contribution in [0, 0.1) is 0 Å². The highest BCUT2D eigenvalue weighted by molar-refractivity contribution is 7.90. The standard InChI is InChI=1S/C14H13NO3S/c16-13-8-4-5-11-9-10-15(14(11)13)19(17,18)12-6-2-1-3-7-12/h1-3,6-7,9-10H,4-5,8H2. The maximum absolute atomic E-state index is 12.5. The van der Waals surface area contributed by atoms with Gasteiger partial charge in [0, 0.05) is 12.6 Å². The Morgan fingerprint density at radius 2 is 1.74 bits per heavy atom. The van der Waals surface area contributed by atoms with Crippen molar-refractivity contribution in [2.75, 3.05) is 0 Å². The fourth-order valence-electron chi connectivity index (χ4n) is 2.42. The van der Waals surface area contributed by atoms with Crippen molar-refractivity contribution in [2.45, 2.75) is 24.2 Å². The van der Waals surface area contributed by atoms with E-state index in [1.807, 2.05) is 0 Å². The van der Waals surface area contributed by atoms with E-state index in [1.165, 1.54) is 18.3 Å². The summed E-state index contributed by atoms with van der Waals surface area (Å²) in [7, 11) is -3.67. The quantitative estimate of drug-likeness (QED) is 0.844. The van der Waals surface area contributed by atoms with Crippen LogP contribution in [0.2, 0.25) is 0 Å². The summed E-state index contributed by atoms with van der Waals surface area (Å²) in [4.78, 5) is 12.2. The van der Waals surface area contributed by atoms with E-state index in [2.05, 4.69) is 0 Å². The molecule has 1 aromatic heterocycles.